The van der Waals surface area contributed by atoms with Crippen molar-refractivity contribution in [2.24, 2.45) is 0 Å². The molecule has 8 nitrogen and oxygen atoms in total. The van der Waals surface area contributed by atoms with Crippen LogP contribution in [0.2, 0.25) is 0 Å². The minimum absolute atomic E-state index is 0.0141. The molecule has 0 aliphatic heterocycles. The predicted molar refractivity (Wildman–Crippen MR) is 115 cm³/mol. The molecule has 0 saturated heterocycles. The number of methoxy groups -OCH3 is 1. The molecule has 0 aliphatic rings. The van der Waals surface area contributed by atoms with Gasteiger partial charge in [0.15, 0.2) is 11.5 Å². The second-order valence-corrected chi connectivity index (χ2v) is 8.39. The Morgan fingerprint density at radius 2 is 1.61 bits per heavy atom. The number of carbonyl (C=O) groups is 2. The standard InChI is InChI=1S/C22H22N2O6S/c1-15(25)16-3-5-17(6-4-16)20-11-12-21(30-20)22(26)23-13-14-24-31(27,28)19-9-7-18(29-2)8-10-19/h3-12,24H,13-14H2,1-2H3,(H,23,26). The van der Waals surface area contributed by atoms with E-state index in [4.69, 9.17) is 9.15 Å². The Morgan fingerprint density at radius 1 is 0.935 bits per heavy atom. The van der Waals surface area contributed by atoms with Crippen molar-refractivity contribution in [3.8, 4) is 17.1 Å². The summed E-state index contributed by atoms with van der Waals surface area (Å²) in [6.07, 6.45) is 0. The van der Waals surface area contributed by atoms with Crippen LogP contribution in [0.1, 0.15) is 27.8 Å². The molecule has 162 valence electrons. The zero-order chi connectivity index (χ0) is 22.4. The lowest BCUT2D eigenvalue weighted by Gasteiger charge is -2.08. The molecular formula is C22H22N2O6S. The van der Waals surface area contributed by atoms with Crippen LogP contribution in [0.25, 0.3) is 11.3 Å². The van der Waals surface area contributed by atoms with Crippen molar-refractivity contribution in [1.82, 2.24) is 10.0 Å². The van der Waals surface area contributed by atoms with E-state index in [0.717, 1.165) is 5.56 Å². The van der Waals surface area contributed by atoms with Crippen LogP contribution in [0.4, 0.5) is 0 Å². The number of ketones is 1. The monoisotopic (exact) mass is 442 g/mol. The summed E-state index contributed by atoms with van der Waals surface area (Å²) < 4.78 is 37.5. The van der Waals surface area contributed by atoms with Crippen LogP contribution >= 0.6 is 0 Å². The van der Waals surface area contributed by atoms with Crippen LogP contribution in [-0.2, 0) is 10.0 Å². The molecule has 0 atom stereocenters. The molecule has 0 unspecified atom stereocenters. The number of benzene rings is 2. The lowest BCUT2D eigenvalue weighted by molar-refractivity contribution is 0.0927. The van der Waals surface area contributed by atoms with Gasteiger partial charge in [-0.15, -0.1) is 0 Å². The normalized spacial score (nSPS) is 11.2. The minimum atomic E-state index is -3.69. The molecular weight excluding hydrogens is 420 g/mol. The van der Waals surface area contributed by atoms with E-state index in [2.05, 4.69) is 10.0 Å². The molecule has 0 spiro atoms. The molecule has 0 saturated carbocycles. The van der Waals surface area contributed by atoms with Crippen LogP contribution < -0.4 is 14.8 Å². The molecule has 0 aliphatic carbocycles. The maximum atomic E-state index is 12.3. The quantitative estimate of drug-likeness (QED) is 0.389. The van der Waals surface area contributed by atoms with E-state index in [0.29, 0.717) is 17.1 Å². The Balaban J connectivity index is 1.52. The van der Waals surface area contributed by atoms with Gasteiger partial charge in [0.05, 0.1) is 12.0 Å². The fourth-order valence-corrected chi connectivity index (χ4v) is 3.80. The topological polar surface area (TPSA) is 115 Å². The van der Waals surface area contributed by atoms with E-state index in [1.807, 2.05) is 0 Å². The van der Waals surface area contributed by atoms with Gasteiger partial charge in [0.2, 0.25) is 10.0 Å². The number of carbonyl (C=O) groups excluding carboxylic acids is 2. The fraction of sp³-hybridized carbons (Fsp3) is 0.182. The van der Waals surface area contributed by atoms with Crippen LogP contribution in [0.3, 0.4) is 0 Å². The van der Waals surface area contributed by atoms with Gasteiger partial charge in [-0.05, 0) is 43.3 Å². The maximum absolute atomic E-state index is 12.3. The highest BCUT2D eigenvalue weighted by Crippen LogP contribution is 2.22. The third kappa shape index (κ3) is 5.59. The molecule has 1 heterocycles. The summed E-state index contributed by atoms with van der Waals surface area (Å²) in [5, 5.41) is 2.61. The van der Waals surface area contributed by atoms with Crippen molar-refractivity contribution >= 4 is 21.7 Å². The Bertz CT molecular complexity index is 1170. The average Bonchev–Trinajstić information content (AvgIpc) is 3.27. The molecule has 1 aromatic heterocycles. The van der Waals surface area contributed by atoms with Crippen molar-refractivity contribution < 1.29 is 27.2 Å². The molecule has 1 amide bonds. The van der Waals surface area contributed by atoms with Gasteiger partial charge < -0.3 is 14.5 Å². The Labute approximate surface area is 180 Å². The van der Waals surface area contributed by atoms with Crippen LogP contribution in [0, 0.1) is 0 Å². The summed E-state index contributed by atoms with van der Waals surface area (Å²) >= 11 is 0. The first kappa shape index (κ1) is 22.3. The van der Waals surface area contributed by atoms with E-state index in [1.165, 1.54) is 32.2 Å². The molecule has 3 aromatic rings. The van der Waals surface area contributed by atoms with Crippen LogP contribution in [-0.4, -0.2) is 40.3 Å². The van der Waals surface area contributed by atoms with Crippen LogP contribution in [0.5, 0.6) is 5.75 Å². The predicted octanol–water partition coefficient (Wildman–Crippen LogP) is 2.87. The van der Waals surface area contributed by atoms with E-state index in [1.54, 1.807) is 42.5 Å². The Morgan fingerprint density at radius 3 is 2.23 bits per heavy atom. The average molecular weight is 442 g/mol. The highest BCUT2D eigenvalue weighted by molar-refractivity contribution is 7.89. The first-order valence-corrected chi connectivity index (χ1v) is 10.9. The maximum Gasteiger partial charge on any atom is 0.287 e. The van der Waals surface area contributed by atoms with Gasteiger partial charge in [-0.2, -0.15) is 0 Å². The molecule has 3 rings (SSSR count). The van der Waals surface area contributed by atoms with Crippen molar-refractivity contribution in [1.29, 1.82) is 0 Å². The molecule has 2 aromatic carbocycles. The molecule has 9 heteroatoms. The van der Waals surface area contributed by atoms with Crippen molar-refractivity contribution in [3.05, 3.63) is 72.0 Å². The fourth-order valence-electron chi connectivity index (χ4n) is 2.77. The smallest absolute Gasteiger partial charge is 0.287 e. The number of ether oxygens (including phenoxy) is 1. The number of furan rings is 1. The number of hydrogen-bond acceptors (Lipinski definition) is 6. The first-order valence-electron chi connectivity index (χ1n) is 9.43. The minimum Gasteiger partial charge on any atom is -0.497 e. The van der Waals surface area contributed by atoms with Crippen LogP contribution in [0.15, 0.2) is 70.0 Å². The molecule has 31 heavy (non-hydrogen) atoms. The largest absolute Gasteiger partial charge is 0.497 e. The number of nitrogens with one attached hydrogen (secondary N) is 2. The van der Waals surface area contributed by atoms with Gasteiger partial charge in [0, 0.05) is 24.2 Å². The van der Waals surface area contributed by atoms with Gasteiger partial charge in [0.25, 0.3) is 5.91 Å². The van der Waals surface area contributed by atoms with E-state index < -0.39 is 15.9 Å². The second kappa shape index (κ2) is 9.59. The summed E-state index contributed by atoms with van der Waals surface area (Å²) in [5.41, 5.74) is 1.32. The lowest BCUT2D eigenvalue weighted by Crippen LogP contribution is -2.34. The first-order chi connectivity index (χ1) is 14.8. The van der Waals surface area contributed by atoms with E-state index in [9.17, 15) is 18.0 Å². The number of hydrogen-bond donors (Lipinski definition) is 2. The molecule has 2 N–H and O–H groups in total. The zero-order valence-electron chi connectivity index (χ0n) is 17.0. The van der Waals surface area contributed by atoms with E-state index in [-0.39, 0.29) is 29.5 Å². The summed E-state index contributed by atoms with van der Waals surface area (Å²) in [4.78, 5) is 23.7. The summed E-state index contributed by atoms with van der Waals surface area (Å²) in [5.74, 6) is 0.645. The zero-order valence-corrected chi connectivity index (χ0v) is 17.9. The number of sulfonamides is 1. The van der Waals surface area contributed by atoms with Gasteiger partial charge in [-0.1, -0.05) is 24.3 Å². The molecule has 0 bridgehead atoms. The Hall–Kier alpha value is -3.43. The van der Waals surface area contributed by atoms with Crippen molar-refractivity contribution in [3.63, 3.8) is 0 Å². The van der Waals surface area contributed by atoms with Crippen molar-refractivity contribution in [2.45, 2.75) is 11.8 Å². The third-order valence-electron chi connectivity index (χ3n) is 4.48. The van der Waals surface area contributed by atoms with Gasteiger partial charge in [-0.25, -0.2) is 13.1 Å². The SMILES string of the molecule is COc1ccc(S(=O)(=O)NCCNC(=O)c2ccc(-c3ccc(C(C)=O)cc3)o2)cc1. The second-order valence-electron chi connectivity index (χ2n) is 6.63. The molecule has 0 radical (unpaired) electrons. The summed E-state index contributed by atoms with van der Waals surface area (Å²) in [7, 11) is -2.20. The summed E-state index contributed by atoms with van der Waals surface area (Å²) in [6.45, 7) is 1.58. The third-order valence-corrected chi connectivity index (χ3v) is 5.96. The number of rotatable bonds is 9. The lowest BCUT2D eigenvalue weighted by atomic mass is 10.1. The summed E-state index contributed by atoms with van der Waals surface area (Å²) in [6, 6.07) is 16.0. The van der Waals surface area contributed by atoms with Gasteiger partial charge in [0.1, 0.15) is 11.5 Å². The molecule has 0 fully saturated rings. The van der Waals surface area contributed by atoms with E-state index >= 15 is 0 Å². The van der Waals surface area contributed by atoms with Gasteiger partial charge >= 0.3 is 0 Å². The number of amides is 1. The van der Waals surface area contributed by atoms with Crippen molar-refractivity contribution in [2.75, 3.05) is 20.2 Å². The number of Topliss-reactive ketones (excluding diaryl/α,β-unsaturated/α-hetero) is 1. The highest BCUT2D eigenvalue weighted by Gasteiger charge is 2.15. The Kier molecular flexibility index (Phi) is 6.88. The highest BCUT2D eigenvalue weighted by atomic mass is 32.2. The van der Waals surface area contributed by atoms with Gasteiger partial charge in [-0.3, -0.25) is 9.59 Å².